The highest BCUT2D eigenvalue weighted by Crippen LogP contribution is 2.11. The summed E-state index contributed by atoms with van der Waals surface area (Å²) in [6.45, 7) is 3.63. The van der Waals surface area contributed by atoms with Crippen LogP contribution in [-0.4, -0.2) is 18.0 Å². The zero-order valence-electron chi connectivity index (χ0n) is 9.94. The van der Waals surface area contributed by atoms with Crippen molar-refractivity contribution in [3.05, 3.63) is 35.9 Å². The summed E-state index contributed by atoms with van der Waals surface area (Å²) in [5, 5.41) is 5.12. The summed E-state index contributed by atoms with van der Waals surface area (Å²) in [6.07, 6.45) is 0. The van der Waals surface area contributed by atoms with Gasteiger partial charge < -0.3 is 5.73 Å². The van der Waals surface area contributed by atoms with Crippen molar-refractivity contribution >= 4 is 11.9 Å². The van der Waals surface area contributed by atoms with Gasteiger partial charge in [0, 0.05) is 6.04 Å². The highest BCUT2D eigenvalue weighted by molar-refractivity contribution is 5.96. The van der Waals surface area contributed by atoms with Gasteiger partial charge in [-0.15, -0.1) is 0 Å². The first-order chi connectivity index (χ1) is 8.00. The number of amides is 3. The largest absolute Gasteiger partial charge is 0.351 e. The molecule has 2 atom stereocenters. The minimum Gasteiger partial charge on any atom is -0.351 e. The lowest BCUT2D eigenvalue weighted by Gasteiger charge is -2.19. The fourth-order valence-corrected chi connectivity index (χ4v) is 1.52. The molecule has 1 rings (SSSR count). The lowest BCUT2D eigenvalue weighted by Crippen LogP contribution is -2.47. The number of rotatable bonds is 4. The summed E-state index contributed by atoms with van der Waals surface area (Å²) in [7, 11) is 0. The van der Waals surface area contributed by atoms with Crippen LogP contribution in [0.5, 0.6) is 0 Å². The minimum atomic E-state index is -0.837. The normalized spacial score (nSPS) is 13.8. The van der Waals surface area contributed by atoms with E-state index in [1.54, 1.807) is 6.92 Å². The number of nitrogens with two attached hydrogens (primary N) is 1. The predicted octanol–water partition coefficient (Wildman–Crippen LogP) is 0.921. The Hall–Kier alpha value is -1.88. The van der Waals surface area contributed by atoms with E-state index in [0.717, 1.165) is 5.56 Å². The average Bonchev–Trinajstić information content (AvgIpc) is 2.29. The second-order valence-electron chi connectivity index (χ2n) is 3.87. The van der Waals surface area contributed by atoms with Gasteiger partial charge >= 0.3 is 6.03 Å². The van der Waals surface area contributed by atoms with Crippen molar-refractivity contribution in [1.29, 1.82) is 0 Å². The number of imide groups is 1. The molecule has 3 amide bonds. The second kappa shape index (κ2) is 6.00. The summed E-state index contributed by atoms with van der Waals surface area (Å²) < 4.78 is 0. The van der Waals surface area contributed by atoms with Gasteiger partial charge in [-0.05, 0) is 19.4 Å². The Labute approximate surface area is 100 Å². The monoisotopic (exact) mass is 235 g/mol. The number of carbonyl (C=O) groups is 2. The zero-order chi connectivity index (χ0) is 12.8. The molecule has 0 saturated heterocycles. The molecule has 0 bridgehead atoms. The SMILES string of the molecule is CC(N[C@@H](C)c1ccccc1)C(=O)NC(N)=O. The van der Waals surface area contributed by atoms with Crippen LogP contribution in [0.4, 0.5) is 4.79 Å². The van der Waals surface area contributed by atoms with Crippen molar-refractivity contribution < 1.29 is 9.59 Å². The summed E-state index contributed by atoms with van der Waals surface area (Å²) in [4.78, 5) is 22.0. The Bertz CT molecular complexity index is 392. The summed E-state index contributed by atoms with van der Waals surface area (Å²) in [5.74, 6) is -0.430. The first-order valence-electron chi connectivity index (χ1n) is 5.42. The van der Waals surface area contributed by atoms with Gasteiger partial charge in [0.15, 0.2) is 0 Å². The van der Waals surface area contributed by atoms with Crippen LogP contribution < -0.4 is 16.4 Å². The van der Waals surface area contributed by atoms with Crippen molar-refractivity contribution in [3.8, 4) is 0 Å². The van der Waals surface area contributed by atoms with Crippen LogP contribution >= 0.6 is 0 Å². The fraction of sp³-hybridized carbons (Fsp3) is 0.333. The van der Waals surface area contributed by atoms with Crippen molar-refractivity contribution in [2.45, 2.75) is 25.9 Å². The number of hydrogen-bond acceptors (Lipinski definition) is 3. The van der Waals surface area contributed by atoms with E-state index in [1.807, 2.05) is 42.6 Å². The van der Waals surface area contributed by atoms with Crippen LogP contribution in [0.2, 0.25) is 0 Å². The van der Waals surface area contributed by atoms with E-state index in [1.165, 1.54) is 0 Å². The summed E-state index contributed by atoms with van der Waals surface area (Å²) in [6, 6.07) is 8.42. The molecule has 0 aliphatic heterocycles. The second-order valence-corrected chi connectivity index (χ2v) is 3.87. The first kappa shape index (κ1) is 13.2. The minimum absolute atomic E-state index is 0.0184. The maximum absolute atomic E-state index is 11.4. The predicted molar refractivity (Wildman–Crippen MR) is 65.2 cm³/mol. The maximum Gasteiger partial charge on any atom is 0.318 e. The highest BCUT2D eigenvalue weighted by Gasteiger charge is 2.16. The molecule has 5 nitrogen and oxygen atoms in total. The van der Waals surface area contributed by atoms with E-state index in [2.05, 4.69) is 5.32 Å². The first-order valence-corrected chi connectivity index (χ1v) is 5.42. The van der Waals surface area contributed by atoms with Crippen molar-refractivity contribution in [2.75, 3.05) is 0 Å². The molecule has 0 fully saturated rings. The van der Waals surface area contributed by atoms with Gasteiger partial charge in [0.05, 0.1) is 6.04 Å². The number of hydrogen-bond donors (Lipinski definition) is 3. The molecule has 1 aromatic carbocycles. The zero-order valence-corrected chi connectivity index (χ0v) is 9.94. The van der Waals surface area contributed by atoms with Gasteiger partial charge in [-0.1, -0.05) is 30.3 Å². The van der Waals surface area contributed by atoms with Crippen LogP contribution in [0, 0.1) is 0 Å². The Balaban J connectivity index is 2.54. The molecule has 0 heterocycles. The molecule has 17 heavy (non-hydrogen) atoms. The van der Waals surface area contributed by atoms with Crippen molar-refractivity contribution in [1.82, 2.24) is 10.6 Å². The fourth-order valence-electron chi connectivity index (χ4n) is 1.52. The molecular weight excluding hydrogens is 218 g/mol. The standard InChI is InChI=1S/C12H17N3O2/c1-8(10-6-4-3-5-7-10)14-9(2)11(16)15-12(13)17/h3-9,14H,1-2H3,(H3,13,15,16,17)/t8-,9?/m0/s1. The van der Waals surface area contributed by atoms with E-state index in [4.69, 9.17) is 5.73 Å². The molecule has 5 heteroatoms. The average molecular weight is 235 g/mol. The van der Waals surface area contributed by atoms with E-state index in [9.17, 15) is 9.59 Å². The topological polar surface area (TPSA) is 84.2 Å². The van der Waals surface area contributed by atoms with Crippen LogP contribution in [0.25, 0.3) is 0 Å². The lowest BCUT2D eigenvalue weighted by molar-refractivity contribution is -0.121. The number of nitrogens with one attached hydrogen (secondary N) is 2. The highest BCUT2D eigenvalue weighted by atomic mass is 16.2. The Morgan fingerprint density at radius 2 is 1.76 bits per heavy atom. The quantitative estimate of drug-likeness (QED) is 0.725. The number of carbonyl (C=O) groups excluding carboxylic acids is 2. The Morgan fingerprint density at radius 1 is 1.18 bits per heavy atom. The molecule has 92 valence electrons. The summed E-state index contributed by atoms with van der Waals surface area (Å²) >= 11 is 0. The Morgan fingerprint density at radius 3 is 2.29 bits per heavy atom. The number of urea groups is 1. The van der Waals surface area contributed by atoms with Gasteiger partial charge in [0.2, 0.25) is 5.91 Å². The van der Waals surface area contributed by atoms with Crippen molar-refractivity contribution in [3.63, 3.8) is 0 Å². The third-order valence-electron chi connectivity index (χ3n) is 2.44. The molecule has 0 spiro atoms. The van der Waals surface area contributed by atoms with Crippen LogP contribution in [0.3, 0.4) is 0 Å². The van der Waals surface area contributed by atoms with Gasteiger partial charge in [-0.3, -0.25) is 15.4 Å². The maximum atomic E-state index is 11.4. The molecule has 0 radical (unpaired) electrons. The third kappa shape index (κ3) is 4.24. The Kier molecular flexibility index (Phi) is 4.66. The number of benzene rings is 1. The van der Waals surface area contributed by atoms with Crippen LogP contribution in [-0.2, 0) is 4.79 Å². The molecule has 0 aliphatic rings. The van der Waals surface area contributed by atoms with Gasteiger partial charge in [0.25, 0.3) is 0 Å². The summed E-state index contributed by atoms with van der Waals surface area (Å²) in [5.41, 5.74) is 5.95. The molecule has 0 saturated carbocycles. The van der Waals surface area contributed by atoms with E-state index in [-0.39, 0.29) is 6.04 Å². The molecule has 0 aromatic heterocycles. The number of primary amides is 1. The molecule has 1 unspecified atom stereocenters. The molecule has 4 N–H and O–H groups in total. The van der Waals surface area contributed by atoms with Crippen molar-refractivity contribution in [2.24, 2.45) is 5.73 Å². The van der Waals surface area contributed by atoms with Crippen LogP contribution in [0.1, 0.15) is 25.5 Å². The van der Waals surface area contributed by atoms with Gasteiger partial charge in [-0.25, -0.2) is 4.79 Å². The third-order valence-corrected chi connectivity index (χ3v) is 2.44. The molecular formula is C12H17N3O2. The van der Waals surface area contributed by atoms with E-state index < -0.39 is 18.0 Å². The molecule has 1 aromatic rings. The lowest BCUT2D eigenvalue weighted by atomic mass is 10.1. The smallest absolute Gasteiger partial charge is 0.318 e. The van der Waals surface area contributed by atoms with Gasteiger partial charge in [0.1, 0.15) is 0 Å². The van der Waals surface area contributed by atoms with E-state index in [0.29, 0.717) is 0 Å². The van der Waals surface area contributed by atoms with Gasteiger partial charge in [-0.2, -0.15) is 0 Å². The van der Waals surface area contributed by atoms with E-state index >= 15 is 0 Å². The van der Waals surface area contributed by atoms with Crippen LogP contribution in [0.15, 0.2) is 30.3 Å². The molecule has 0 aliphatic carbocycles.